The number of hydrogen-bond donors (Lipinski definition) is 0. The van der Waals surface area contributed by atoms with E-state index in [0.717, 1.165) is 61.7 Å². The van der Waals surface area contributed by atoms with E-state index in [1.54, 1.807) is 0 Å². The first kappa shape index (κ1) is 53.2. The van der Waals surface area contributed by atoms with E-state index in [1.165, 1.54) is 55.5 Å². The molecule has 0 spiro atoms. The Kier molecular flexibility index (Phi) is 20.5. The van der Waals surface area contributed by atoms with Crippen LogP contribution in [0.15, 0.2) is 144 Å². The van der Waals surface area contributed by atoms with Crippen molar-refractivity contribution in [2.24, 2.45) is 0 Å². The summed E-state index contributed by atoms with van der Waals surface area (Å²) in [6, 6.07) is 43.8. The molecule has 6 aromatic carbocycles. The number of aryl methyl sites for hydroxylation is 13. The van der Waals surface area contributed by atoms with Crippen LogP contribution in [0.1, 0.15) is 88.2 Å². The molecular weight excluding hydrogens is 809 g/mol. The predicted molar refractivity (Wildman–Crippen MR) is 283 cm³/mol. The number of benzene rings is 6. The monoisotopic (exact) mass is 879 g/mol. The van der Waals surface area contributed by atoms with Crippen LogP contribution < -0.4 is 0 Å². The zero-order valence-electron chi connectivity index (χ0n) is 39.9. The number of rotatable bonds is 0. The van der Waals surface area contributed by atoms with E-state index in [-0.39, 0.29) is 14.9 Å². The Balaban J connectivity index is 0.000000210. The molecule has 0 fully saturated rings. The van der Waals surface area contributed by atoms with Crippen LogP contribution in [0.5, 0.6) is 0 Å². The average molecular weight is 879 g/mol. The van der Waals surface area contributed by atoms with Crippen LogP contribution in [-0.4, -0.2) is 29.9 Å². The maximum atomic E-state index is 5.31. The first-order valence-corrected chi connectivity index (χ1v) is 21.7. The fraction of sp³-hybridized carbons (Fsp3) is 0.254. The molecule has 0 saturated heterocycles. The van der Waals surface area contributed by atoms with Crippen LogP contribution in [0.4, 0.5) is 0 Å². The summed E-state index contributed by atoms with van der Waals surface area (Å²) in [6.45, 7) is 26.5. The molecule has 0 unspecified atom stereocenters. The molecule has 7 nitrogen and oxygen atoms in total. The molecule has 0 N–H and O–H groups in total. The average Bonchev–Trinajstić information content (AvgIpc) is 3.62. The van der Waals surface area contributed by atoms with Crippen LogP contribution in [0.25, 0.3) is 43.8 Å². The zero-order valence-corrected chi connectivity index (χ0v) is 39.9. The SMILES string of the molecule is C.C.Cc1ccc(C)c(C)c1.Cc1ccc2ccc(C)nc2c1.Cc1ccc2cnc(C)nc2c1.Cc1ccc2nc(C)ncc2c1.Cc1ccc2oc(C)nc2c1.Cc1cccc(C)c1. The third kappa shape index (κ3) is 16.8. The molecule has 10 aromatic rings. The normalized spacial score (nSPS) is 9.95. The molecule has 7 heteroatoms. The minimum Gasteiger partial charge on any atom is -0.441 e. The van der Waals surface area contributed by atoms with Crippen molar-refractivity contribution in [2.75, 3.05) is 0 Å². The predicted octanol–water partition coefficient (Wildman–Crippen LogP) is 16.0. The van der Waals surface area contributed by atoms with Gasteiger partial charge in [-0.25, -0.2) is 24.9 Å². The van der Waals surface area contributed by atoms with Crippen LogP contribution in [-0.2, 0) is 0 Å². The van der Waals surface area contributed by atoms with Gasteiger partial charge in [0.05, 0.1) is 16.6 Å². The maximum absolute atomic E-state index is 5.31. The summed E-state index contributed by atoms with van der Waals surface area (Å²) in [5, 5.41) is 3.43. The Bertz CT molecular complexity index is 2900. The number of pyridine rings is 1. The Labute approximate surface area is 394 Å². The Morgan fingerprint density at radius 2 is 0.803 bits per heavy atom. The number of hydrogen-bond acceptors (Lipinski definition) is 7. The molecule has 0 radical (unpaired) electrons. The number of fused-ring (bicyclic) bond motifs is 4. The van der Waals surface area contributed by atoms with E-state index < -0.39 is 0 Å². The van der Waals surface area contributed by atoms with E-state index in [9.17, 15) is 0 Å². The molecule has 66 heavy (non-hydrogen) atoms. The van der Waals surface area contributed by atoms with Crippen LogP contribution in [0, 0.1) is 90.0 Å². The van der Waals surface area contributed by atoms with Gasteiger partial charge in [0, 0.05) is 41.2 Å². The lowest BCUT2D eigenvalue weighted by Gasteiger charge is -1.99. The molecule has 0 aliphatic rings. The van der Waals surface area contributed by atoms with Crippen LogP contribution >= 0.6 is 0 Å². The van der Waals surface area contributed by atoms with Gasteiger partial charge in [0.15, 0.2) is 11.5 Å². The highest BCUT2D eigenvalue weighted by Gasteiger charge is 2.00. The first-order chi connectivity index (χ1) is 30.5. The van der Waals surface area contributed by atoms with Gasteiger partial charge in [-0.15, -0.1) is 0 Å². The quantitative estimate of drug-likeness (QED) is 0.150. The summed E-state index contributed by atoms with van der Waals surface area (Å²) in [6.07, 6.45) is 3.72. The number of oxazole rings is 1. The molecule has 342 valence electrons. The summed E-state index contributed by atoms with van der Waals surface area (Å²) in [7, 11) is 0. The zero-order chi connectivity index (χ0) is 46.3. The Morgan fingerprint density at radius 3 is 1.39 bits per heavy atom. The smallest absolute Gasteiger partial charge is 0.192 e. The Morgan fingerprint density at radius 1 is 0.333 bits per heavy atom. The summed E-state index contributed by atoms with van der Waals surface area (Å²) in [4.78, 5) is 25.5. The maximum Gasteiger partial charge on any atom is 0.192 e. The van der Waals surface area contributed by atoms with Gasteiger partial charge in [-0.1, -0.05) is 122 Å². The van der Waals surface area contributed by atoms with Crippen molar-refractivity contribution in [3.05, 3.63) is 213 Å². The van der Waals surface area contributed by atoms with Gasteiger partial charge < -0.3 is 4.42 Å². The minimum atomic E-state index is 0. The van der Waals surface area contributed by atoms with Crippen molar-refractivity contribution in [1.29, 1.82) is 0 Å². The van der Waals surface area contributed by atoms with Crippen molar-refractivity contribution in [3.63, 3.8) is 0 Å². The summed E-state index contributed by atoms with van der Waals surface area (Å²) in [5.41, 5.74) is 17.8. The fourth-order valence-electron chi connectivity index (χ4n) is 6.65. The van der Waals surface area contributed by atoms with Crippen molar-refractivity contribution < 1.29 is 4.42 Å². The van der Waals surface area contributed by atoms with Crippen molar-refractivity contribution >= 4 is 43.8 Å². The summed E-state index contributed by atoms with van der Waals surface area (Å²) in [5.74, 6) is 2.38. The van der Waals surface area contributed by atoms with Gasteiger partial charge in [-0.3, -0.25) is 4.98 Å². The van der Waals surface area contributed by atoms with Gasteiger partial charge in [-0.05, 0) is 153 Å². The second kappa shape index (κ2) is 25.4. The minimum absolute atomic E-state index is 0. The fourth-order valence-corrected chi connectivity index (χ4v) is 6.65. The van der Waals surface area contributed by atoms with E-state index in [2.05, 4.69) is 176 Å². The highest BCUT2D eigenvalue weighted by Crippen LogP contribution is 2.17. The highest BCUT2D eigenvalue weighted by atomic mass is 16.3. The van der Waals surface area contributed by atoms with Crippen LogP contribution in [0.2, 0.25) is 0 Å². The molecule has 10 rings (SSSR count). The lowest BCUT2D eigenvalue weighted by molar-refractivity contribution is 0.561. The van der Waals surface area contributed by atoms with Crippen LogP contribution in [0.3, 0.4) is 0 Å². The van der Waals surface area contributed by atoms with E-state index in [0.29, 0.717) is 0 Å². The van der Waals surface area contributed by atoms with Crippen molar-refractivity contribution in [2.45, 2.75) is 105 Å². The van der Waals surface area contributed by atoms with Gasteiger partial charge in [0.1, 0.15) is 17.2 Å². The second-order valence-corrected chi connectivity index (χ2v) is 16.6. The standard InChI is InChI=1S/C11H11N.2C10H10N2.C9H9NO.C9H12.C8H10.2CH4/c1-8-3-5-10-6-4-9(2)12-11(10)7-8;1-7-3-4-10-9(5-7)6-11-8(2)12-10;1-7-3-4-9-6-11-8(2)12-10(9)5-7;1-6-3-4-9-8(5-6)10-7(2)11-9;1-7-4-5-8(2)9(3)6-7;1-7-4-3-5-8(2)6-7;;/h3-7H,1-2H3;2*3-6H,1-2H3;3-5H,1-2H3;4-6H,1-3H3;3-6H,1-2H3;2*1H4. The molecule has 0 aliphatic heterocycles. The molecule has 0 saturated carbocycles. The second-order valence-electron chi connectivity index (χ2n) is 16.6. The van der Waals surface area contributed by atoms with Gasteiger partial charge in [0.2, 0.25) is 0 Å². The molecule has 0 atom stereocenters. The summed E-state index contributed by atoms with van der Waals surface area (Å²) < 4.78 is 5.31. The lowest BCUT2D eigenvalue weighted by Crippen LogP contribution is -1.87. The van der Waals surface area contributed by atoms with E-state index in [1.807, 2.05) is 83.4 Å². The summed E-state index contributed by atoms with van der Waals surface area (Å²) >= 11 is 0. The largest absolute Gasteiger partial charge is 0.441 e. The van der Waals surface area contributed by atoms with Crippen molar-refractivity contribution in [1.82, 2.24) is 29.9 Å². The molecule has 0 aliphatic carbocycles. The Hall–Kier alpha value is -7.12. The third-order valence-electron chi connectivity index (χ3n) is 10.2. The lowest BCUT2D eigenvalue weighted by atomic mass is 10.1. The van der Waals surface area contributed by atoms with E-state index >= 15 is 0 Å². The molecule has 4 aromatic heterocycles. The number of aromatic nitrogens is 6. The van der Waals surface area contributed by atoms with Crippen molar-refractivity contribution in [3.8, 4) is 0 Å². The first-order valence-electron chi connectivity index (χ1n) is 21.7. The number of nitrogens with zero attached hydrogens (tertiary/aromatic N) is 6. The molecule has 4 heterocycles. The topological polar surface area (TPSA) is 90.5 Å². The van der Waals surface area contributed by atoms with Gasteiger partial charge in [0.25, 0.3) is 0 Å². The van der Waals surface area contributed by atoms with Gasteiger partial charge in [-0.2, -0.15) is 0 Å². The van der Waals surface area contributed by atoms with Gasteiger partial charge >= 0.3 is 0 Å². The molecule has 0 amide bonds. The third-order valence-corrected chi connectivity index (χ3v) is 10.2. The highest BCUT2D eigenvalue weighted by molar-refractivity contribution is 5.80. The molecule has 0 bridgehead atoms. The molecular formula is C59H70N6O. The van der Waals surface area contributed by atoms with E-state index in [4.69, 9.17) is 4.42 Å².